The predicted octanol–water partition coefficient (Wildman–Crippen LogP) is 1.23. The van der Waals surface area contributed by atoms with Crippen molar-refractivity contribution < 1.29 is 13.2 Å². The molecule has 4 nitrogen and oxygen atoms in total. The third-order valence-electron chi connectivity index (χ3n) is 1.55. The summed E-state index contributed by atoms with van der Waals surface area (Å²) in [5.41, 5.74) is 5.45. The molecule has 13 heavy (non-hydrogen) atoms. The largest absolute Gasteiger partial charge is 0.453 e. The molecule has 0 saturated heterocycles. The van der Waals surface area contributed by atoms with Crippen molar-refractivity contribution in [2.45, 2.75) is 25.6 Å². The predicted molar refractivity (Wildman–Crippen MR) is 38.6 cm³/mol. The molecule has 1 aromatic rings. The van der Waals surface area contributed by atoms with Crippen molar-refractivity contribution >= 4 is 0 Å². The molecule has 1 heterocycles. The Morgan fingerprint density at radius 2 is 2.15 bits per heavy atom. The number of hydrogen-bond donors (Lipinski definition) is 2. The Morgan fingerprint density at radius 1 is 1.54 bits per heavy atom. The van der Waals surface area contributed by atoms with Gasteiger partial charge in [-0.3, -0.25) is 5.10 Å². The van der Waals surface area contributed by atoms with Crippen molar-refractivity contribution in [3.63, 3.8) is 0 Å². The molecular formula is C6H9F3N4. The highest BCUT2D eigenvalue weighted by atomic mass is 19.4. The van der Waals surface area contributed by atoms with Crippen LogP contribution in [0.15, 0.2) is 0 Å². The van der Waals surface area contributed by atoms with Gasteiger partial charge < -0.3 is 5.73 Å². The van der Waals surface area contributed by atoms with E-state index < -0.39 is 18.0 Å². The van der Waals surface area contributed by atoms with Crippen molar-refractivity contribution in [2.75, 3.05) is 0 Å². The molecule has 1 atom stereocenters. The number of aromatic nitrogens is 3. The third-order valence-corrected chi connectivity index (χ3v) is 1.55. The average molecular weight is 194 g/mol. The van der Waals surface area contributed by atoms with E-state index in [1.165, 1.54) is 0 Å². The van der Waals surface area contributed by atoms with Crippen LogP contribution in [-0.2, 0) is 6.18 Å². The highest BCUT2D eigenvalue weighted by molar-refractivity contribution is 4.97. The number of hydrogen-bond acceptors (Lipinski definition) is 3. The van der Waals surface area contributed by atoms with E-state index in [9.17, 15) is 13.2 Å². The Morgan fingerprint density at radius 3 is 2.54 bits per heavy atom. The van der Waals surface area contributed by atoms with Gasteiger partial charge in [-0.05, 0) is 6.42 Å². The summed E-state index contributed by atoms with van der Waals surface area (Å²) >= 11 is 0. The molecule has 0 amide bonds. The van der Waals surface area contributed by atoms with Gasteiger partial charge in [0.15, 0.2) is 0 Å². The van der Waals surface area contributed by atoms with Gasteiger partial charge >= 0.3 is 6.18 Å². The van der Waals surface area contributed by atoms with Gasteiger partial charge in [-0.15, -0.1) is 5.10 Å². The number of aromatic amines is 1. The zero-order valence-electron chi connectivity index (χ0n) is 6.89. The lowest BCUT2D eigenvalue weighted by Crippen LogP contribution is -2.11. The molecule has 0 unspecified atom stereocenters. The summed E-state index contributed by atoms with van der Waals surface area (Å²) in [6.07, 6.45) is -4.01. The van der Waals surface area contributed by atoms with Gasteiger partial charge in [0.25, 0.3) is 5.82 Å². The first-order chi connectivity index (χ1) is 5.95. The van der Waals surface area contributed by atoms with Crippen molar-refractivity contribution in [1.82, 2.24) is 15.2 Å². The molecule has 3 N–H and O–H groups in total. The highest BCUT2D eigenvalue weighted by Gasteiger charge is 2.36. The van der Waals surface area contributed by atoms with Gasteiger partial charge in [-0.2, -0.15) is 13.2 Å². The molecule has 0 fully saturated rings. The van der Waals surface area contributed by atoms with Crippen molar-refractivity contribution in [2.24, 2.45) is 5.73 Å². The van der Waals surface area contributed by atoms with Gasteiger partial charge in [0, 0.05) is 0 Å². The summed E-state index contributed by atoms with van der Waals surface area (Å²) < 4.78 is 35.9. The topological polar surface area (TPSA) is 67.6 Å². The van der Waals surface area contributed by atoms with E-state index in [1.807, 2.05) is 0 Å². The second kappa shape index (κ2) is 3.33. The number of halogens is 3. The van der Waals surface area contributed by atoms with E-state index in [1.54, 1.807) is 6.92 Å². The van der Waals surface area contributed by atoms with Crippen molar-refractivity contribution in [1.29, 1.82) is 0 Å². The standard InChI is InChI=1S/C6H9F3N4/c1-2-3(10)4-11-5(13-12-4)6(7,8)9/h3H,2,10H2,1H3,(H,11,12,13)/t3-/m1/s1. The van der Waals surface area contributed by atoms with Crippen LogP contribution in [0.1, 0.15) is 31.0 Å². The van der Waals surface area contributed by atoms with Crippen LogP contribution in [0.25, 0.3) is 0 Å². The maximum Gasteiger partial charge on any atom is 0.453 e. The smallest absolute Gasteiger partial charge is 0.321 e. The molecule has 7 heteroatoms. The minimum absolute atomic E-state index is 0.0647. The van der Waals surface area contributed by atoms with E-state index in [0.29, 0.717) is 6.42 Å². The first kappa shape index (κ1) is 9.97. The van der Waals surface area contributed by atoms with Crippen LogP contribution < -0.4 is 5.73 Å². The van der Waals surface area contributed by atoms with Crippen LogP contribution in [0.2, 0.25) is 0 Å². The monoisotopic (exact) mass is 194 g/mol. The zero-order chi connectivity index (χ0) is 10.1. The van der Waals surface area contributed by atoms with E-state index in [-0.39, 0.29) is 5.82 Å². The van der Waals surface area contributed by atoms with E-state index in [4.69, 9.17) is 5.73 Å². The number of nitrogens with two attached hydrogens (primary N) is 1. The lowest BCUT2D eigenvalue weighted by atomic mass is 10.2. The minimum atomic E-state index is -4.51. The summed E-state index contributed by atoms with van der Waals surface area (Å²) in [6.45, 7) is 1.75. The van der Waals surface area contributed by atoms with Gasteiger partial charge in [0.1, 0.15) is 5.82 Å². The van der Waals surface area contributed by atoms with Crippen LogP contribution in [0.3, 0.4) is 0 Å². The summed E-state index contributed by atoms with van der Waals surface area (Å²) in [7, 11) is 0. The van der Waals surface area contributed by atoms with Gasteiger partial charge in [-0.25, -0.2) is 4.98 Å². The Hall–Kier alpha value is -1.11. The normalized spacial score (nSPS) is 14.5. The number of H-pyrrole nitrogens is 1. The Balaban J connectivity index is 2.87. The fraction of sp³-hybridized carbons (Fsp3) is 0.667. The second-order valence-corrected chi connectivity index (χ2v) is 2.56. The Kier molecular flexibility index (Phi) is 2.55. The molecule has 74 valence electrons. The van der Waals surface area contributed by atoms with Crippen molar-refractivity contribution in [3.8, 4) is 0 Å². The summed E-state index contributed by atoms with van der Waals surface area (Å²) in [5, 5.41) is 5.17. The number of rotatable bonds is 2. The summed E-state index contributed by atoms with van der Waals surface area (Å²) in [6, 6.07) is -0.524. The fourth-order valence-corrected chi connectivity index (χ4v) is 0.760. The molecule has 1 aromatic heterocycles. The van der Waals surface area contributed by atoms with Crippen LogP contribution in [0, 0.1) is 0 Å². The molecular weight excluding hydrogens is 185 g/mol. The van der Waals surface area contributed by atoms with Crippen LogP contribution in [-0.4, -0.2) is 15.2 Å². The Labute approximate surface area is 72.3 Å². The average Bonchev–Trinajstić information content (AvgIpc) is 2.50. The lowest BCUT2D eigenvalue weighted by molar-refractivity contribution is -0.144. The van der Waals surface area contributed by atoms with E-state index in [2.05, 4.69) is 15.2 Å². The maximum absolute atomic E-state index is 12.0. The SMILES string of the molecule is CC[C@@H](N)c1nc(C(F)(F)F)n[nH]1. The molecule has 0 bridgehead atoms. The van der Waals surface area contributed by atoms with Gasteiger partial charge in [0.05, 0.1) is 6.04 Å². The quantitative estimate of drug-likeness (QED) is 0.744. The summed E-state index contributed by atoms with van der Waals surface area (Å²) in [5.74, 6) is -1.11. The van der Waals surface area contributed by atoms with Gasteiger partial charge in [-0.1, -0.05) is 6.92 Å². The highest BCUT2D eigenvalue weighted by Crippen LogP contribution is 2.26. The van der Waals surface area contributed by atoms with Crippen LogP contribution >= 0.6 is 0 Å². The number of alkyl halides is 3. The third kappa shape index (κ3) is 2.18. The zero-order valence-corrected chi connectivity index (χ0v) is 6.89. The van der Waals surface area contributed by atoms with Crippen LogP contribution in [0.4, 0.5) is 13.2 Å². The van der Waals surface area contributed by atoms with E-state index >= 15 is 0 Å². The van der Waals surface area contributed by atoms with Gasteiger partial charge in [0.2, 0.25) is 0 Å². The summed E-state index contributed by atoms with van der Waals surface area (Å²) in [4.78, 5) is 3.24. The molecule has 1 rings (SSSR count). The molecule has 0 saturated carbocycles. The fourth-order valence-electron chi connectivity index (χ4n) is 0.760. The molecule has 0 aliphatic carbocycles. The molecule has 0 radical (unpaired) electrons. The molecule has 0 aliphatic heterocycles. The van der Waals surface area contributed by atoms with E-state index in [0.717, 1.165) is 0 Å². The van der Waals surface area contributed by atoms with Crippen molar-refractivity contribution in [3.05, 3.63) is 11.6 Å². The number of nitrogens with zero attached hydrogens (tertiary/aromatic N) is 2. The maximum atomic E-state index is 12.0. The number of nitrogens with one attached hydrogen (secondary N) is 1. The lowest BCUT2D eigenvalue weighted by Gasteiger charge is -2.02. The Bertz CT molecular complexity index is 280. The molecule has 0 spiro atoms. The van der Waals surface area contributed by atoms with Crippen LogP contribution in [0.5, 0.6) is 0 Å². The molecule has 0 aromatic carbocycles. The second-order valence-electron chi connectivity index (χ2n) is 2.56. The molecule has 0 aliphatic rings. The first-order valence-corrected chi connectivity index (χ1v) is 3.70. The minimum Gasteiger partial charge on any atom is -0.321 e. The first-order valence-electron chi connectivity index (χ1n) is 3.70.